The Kier molecular flexibility index (Phi) is 4.14. The average molecular weight is 238 g/mol. The number of likely N-dealkylation sites (tertiary alicyclic amines) is 1. The van der Waals surface area contributed by atoms with Crippen LogP contribution < -0.4 is 5.73 Å². The van der Waals surface area contributed by atoms with Crippen molar-refractivity contribution in [2.24, 2.45) is 23.0 Å². The van der Waals surface area contributed by atoms with E-state index >= 15 is 0 Å². The Labute approximate surface area is 107 Å². The van der Waals surface area contributed by atoms with Gasteiger partial charge in [-0.05, 0) is 55.9 Å². The lowest BCUT2D eigenvalue weighted by molar-refractivity contribution is 0.193. The highest BCUT2D eigenvalue weighted by Crippen LogP contribution is 2.34. The summed E-state index contributed by atoms with van der Waals surface area (Å²) < 4.78 is 0. The molecule has 1 heterocycles. The van der Waals surface area contributed by atoms with Crippen molar-refractivity contribution in [1.82, 2.24) is 4.90 Å². The van der Waals surface area contributed by atoms with Crippen molar-refractivity contribution in [1.29, 1.82) is 0 Å². The summed E-state index contributed by atoms with van der Waals surface area (Å²) in [6.07, 6.45) is 6.62. The highest BCUT2D eigenvalue weighted by Gasteiger charge is 2.32. The minimum Gasteiger partial charge on any atom is -0.328 e. The third kappa shape index (κ3) is 3.69. The number of nitrogens with zero attached hydrogens (tertiary/aromatic N) is 1. The maximum Gasteiger partial charge on any atom is 0.00390 e. The fourth-order valence-electron chi connectivity index (χ4n) is 3.44. The van der Waals surface area contributed by atoms with Crippen molar-refractivity contribution in [3.8, 4) is 0 Å². The van der Waals surface area contributed by atoms with E-state index in [0.717, 1.165) is 11.8 Å². The normalized spacial score (nSPS) is 36.4. The lowest BCUT2D eigenvalue weighted by Crippen LogP contribution is -2.34. The number of rotatable bonds is 2. The van der Waals surface area contributed by atoms with E-state index in [0.29, 0.717) is 11.5 Å². The van der Waals surface area contributed by atoms with Crippen LogP contribution in [0.3, 0.4) is 0 Å². The van der Waals surface area contributed by atoms with Crippen LogP contribution in [0.25, 0.3) is 0 Å². The minimum absolute atomic E-state index is 0.490. The monoisotopic (exact) mass is 238 g/mol. The molecule has 0 radical (unpaired) electrons. The minimum atomic E-state index is 0.490. The molecule has 2 aliphatic rings. The van der Waals surface area contributed by atoms with Crippen LogP contribution in [0.1, 0.15) is 52.9 Å². The van der Waals surface area contributed by atoms with Gasteiger partial charge in [0.05, 0.1) is 0 Å². The van der Waals surface area contributed by atoms with Crippen molar-refractivity contribution in [2.45, 2.75) is 58.9 Å². The molecular weight excluding hydrogens is 208 g/mol. The van der Waals surface area contributed by atoms with Crippen LogP contribution in [-0.2, 0) is 0 Å². The summed E-state index contributed by atoms with van der Waals surface area (Å²) in [4.78, 5) is 2.71. The van der Waals surface area contributed by atoms with Gasteiger partial charge in [0.25, 0.3) is 0 Å². The molecule has 0 amide bonds. The second-order valence-corrected chi connectivity index (χ2v) is 7.39. The molecule has 0 spiro atoms. The molecule has 1 aliphatic heterocycles. The Balaban J connectivity index is 1.74. The molecule has 1 atom stereocenters. The van der Waals surface area contributed by atoms with Crippen LogP contribution in [0, 0.1) is 17.3 Å². The molecule has 0 bridgehead atoms. The summed E-state index contributed by atoms with van der Waals surface area (Å²) in [5.74, 6) is 1.82. The molecule has 1 saturated heterocycles. The van der Waals surface area contributed by atoms with E-state index in [1.807, 2.05) is 0 Å². The van der Waals surface area contributed by atoms with Crippen molar-refractivity contribution in [3.63, 3.8) is 0 Å². The van der Waals surface area contributed by atoms with E-state index in [1.54, 1.807) is 0 Å². The highest BCUT2D eigenvalue weighted by atomic mass is 15.1. The van der Waals surface area contributed by atoms with Gasteiger partial charge in [0.1, 0.15) is 0 Å². The summed E-state index contributed by atoms with van der Waals surface area (Å²) >= 11 is 0. The van der Waals surface area contributed by atoms with Gasteiger partial charge in [0, 0.05) is 19.1 Å². The molecular formula is C15H30N2. The maximum atomic E-state index is 5.97. The Morgan fingerprint density at radius 2 is 1.71 bits per heavy atom. The van der Waals surface area contributed by atoms with E-state index < -0.39 is 0 Å². The maximum absolute atomic E-state index is 5.97. The quantitative estimate of drug-likeness (QED) is 0.801. The van der Waals surface area contributed by atoms with Crippen LogP contribution >= 0.6 is 0 Å². The second kappa shape index (κ2) is 5.27. The lowest BCUT2D eigenvalue weighted by atomic mass is 9.80. The summed E-state index contributed by atoms with van der Waals surface area (Å²) in [6, 6.07) is 0.493. The third-order valence-corrected chi connectivity index (χ3v) is 4.90. The van der Waals surface area contributed by atoms with Gasteiger partial charge in [-0.1, -0.05) is 20.8 Å². The molecule has 2 nitrogen and oxygen atoms in total. The zero-order chi connectivity index (χ0) is 12.5. The van der Waals surface area contributed by atoms with Gasteiger partial charge in [0.15, 0.2) is 0 Å². The second-order valence-electron chi connectivity index (χ2n) is 7.39. The van der Waals surface area contributed by atoms with Crippen molar-refractivity contribution in [2.75, 3.05) is 19.6 Å². The summed E-state index contributed by atoms with van der Waals surface area (Å²) in [5, 5.41) is 0. The molecule has 17 heavy (non-hydrogen) atoms. The van der Waals surface area contributed by atoms with Crippen molar-refractivity contribution in [3.05, 3.63) is 0 Å². The first-order chi connectivity index (χ1) is 7.95. The molecule has 0 aromatic rings. The van der Waals surface area contributed by atoms with Crippen molar-refractivity contribution >= 4 is 0 Å². The van der Waals surface area contributed by atoms with Gasteiger partial charge in [-0.2, -0.15) is 0 Å². The number of hydrogen-bond acceptors (Lipinski definition) is 2. The van der Waals surface area contributed by atoms with E-state index in [9.17, 15) is 0 Å². The molecule has 2 N–H and O–H groups in total. The number of nitrogens with two attached hydrogens (primary N) is 1. The van der Waals surface area contributed by atoms with Gasteiger partial charge in [0.2, 0.25) is 0 Å². The largest absolute Gasteiger partial charge is 0.328 e. The molecule has 0 aromatic carbocycles. The predicted octanol–water partition coefficient (Wildman–Crippen LogP) is 2.87. The molecule has 2 fully saturated rings. The Hall–Kier alpha value is -0.0800. The van der Waals surface area contributed by atoms with E-state index in [4.69, 9.17) is 5.73 Å². The topological polar surface area (TPSA) is 29.3 Å². The van der Waals surface area contributed by atoms with Crippen LogP contribution in [0.2, 0.25) is 0 Å². The number of hydrogen-bond donors (Lipinski definition) is 1. The zero-order valence-electron chi connectivity index (χ0n) is 11.9. The standard InChI is InChI=1S/C15H30N2/c1-15(2,3)13-8-9-17(11-13)10-12-4-6-14(16)7-5-12/h12-14H,4-11,16H2,1-3H3. The van der Waals surface area contributed by atoms with Gasteiger partial charge < -0.3 is 10.6 Å². The third-order valence-electron chi connectivity index (χ3n) is 4.90. The Morgan fingerprint density at radius 3 is 2.24 bits per heavy atom. The van der Waals surface area contributed by atoms with Crippen LogP contribution in [0.5, 0.6) is 0 Å². The highest BCUT2D eigenvalue weighted by molar-refractivity contribution is 4.85. The first-order valence-electron chi connectivity index (χ1n) is 7.43. The van der Waals surface area contributed by atoms with Gasteiger partial charge in [-0.15, -0.1) is 0 Å². The SMILES string of the molecule is CC(C)(C)C1CCN(CC2CCC(N)CC2)C1. The molecule has 2 heteroatoms. The van der Waals surface area contributed by atoms with Gasteiger partial charge in [-0.3, -0.25) is 0 Å². The lowest BCUT2D eigenvalue weighted by Gasteiger charge is -2.31. The molecule has 1 saturated carbocycles. The molecule has 0 aromatic heterocycles. The van der Waals surface area contributed by atoms with Gasteiger partial charge in [-0.25, -0.2) is 0 Å². The Bertz CT molecular complexity index is 236. The van der Waals surface area contributed by atoms with Crippen LogP contribution in [0.15, 0.2) is 0 Å². The smallest absolute Gasteiger partial charge is 0.00390 e. The summed E-state index contributed by atoms with van der Waals surface area (Å²) in [7, 11) is 0. The fourth-order valence-corrected chi connectivity index (χ4v) is 3.44. The molecule has 100 valence electrons. The van der Waals surface area contributed by atoms with E-state index in [-0.39, 0.29) is 0 Å². The summed E-state index contributed by atoms with van der Waals surface area (Å²) in [6.45, 7) is 11.2. The first-order valence-corrected chi connectivity index (χ1v) is 7.43. The van der Waals surface area contributed by atoms with Gasteiger partial charge >= 0.3 is 0 Å². The zero-order valence-corrected chi connectivity index (χ0v) is 11.9. The van der Waals surface area contributed by atoms with Crippen LogP contribution in [-0.4, -0.2) is 30.6 Å². The van der Waals surface area contributed by atoms with Crippen molar-refractivity contribution < 1.29 is 0 Å². The molecule has 1 unspecified atom stereocenters. The van der Waals surface area contributed by atoms with Crippen LogP contribution in [0.4, 0.5) is 0 Å². The van der Waals surface area contributed by atoms with E-state index in [2.05, 4.69) is 25.7 Å². The first kappa shape index (κ1) is 13.4. The summed E-state index contributed by atoms with van der Waals surface area (Å²) in [5.41, 5.74) is 6.46. The molecule has 1 aliphatic carbocycles. The fraction of sp³-hybridized carbons (Fsp3) is 1.00. The Morgan fingerprint density at radius 1 is 1.06 bits per heavy atom. The van der Waals surface area contributed by atoms with E-state index in [1.165, 1.54) is 51.7 Å². The predicted molar refractivity (Wildman–Crippen MR) is 73.9 cm³/mol. The molecule has 2 rings (SSSR count). The average Bonchev–Trinajstić information content (AvgIpc) is 2.69.